The minimum Gasteiger partial charge on any atom is -0.272 e. The van der Waals surface area contributed by atoms with E-state index in [2.05, 4.69) is 15.8 Å². The van der Waals surface area contributed by atoms with Gasteiger partial charge in [-0.2, -0.15) is 0 Å². The maximum absolute atomic E-state index is 13.6. The second kappa shape index (κ2) is 8.73. The van der Waals surface area contributed by atoms with Crippen molar-refractivity contribution in [2.45, 2.75) is 4.90 Å². The number of para-hydroxylation sites is 1. The number of thioether (sulfide) groups is 1. The molecule has 146 valence electrons. The first-order valence-corrected chi connectivity index (χ1v) is 11.1. The number of aromatic nitrogens is 1. The molecule has 5 nitrogen and oxygen atoms in total. The molecule has 0 aliphatic heterocycles. The molecule has 4 aromatic rings. The van der Waals surface area contributed by atoms with E-state index in [0.29, 0.717) is 9.77 Å². The van der Waals surface area contributed by atoms with Crippen LogP contribution in [0.15, 0.2) is 65.6 Å². The van der Waals surface area contributed by atoms with Gasteiger partial charge in [-0.15, -0.1) is 34.4 Å². The Hall–Kier alpha value is -2.75. The van der Waals surface area contributed by atoms with Crippen molar-refractivity contribution >= 4 is 56.5 Å². The van der Waals surface area contributed by atoms with Crippen LogP contribution in [0.5, 0.6) is 0 Å². The minimum absolute atomic E-state index is 0.0113. The summed E-state index contributed by atoms with van der Waals surface area (Å²) in [5, 5.41) is 0.848. The summed E-state index contributed by atoms with van der Waals surface area (Å²) in [6.07, 6.45) is 0. The number of carbonyl (C=O) groups is 2. The van der Waals surface area contributed by atoms with Crippen LogP contribution >= 0.6 is 34.4 Å². The van der Waals surface area contributed by atoms with Crippen LogP contribution in [0.3, 0.4) is 0 Å². The van der Waals surface area contributed by atoms with Crippen LogP contribution in [0.2, 0.25) is 0 Å². The van der Waals surface area contributed by atoms with Gasteiger partial charge >= 0.3 is 0 Å². The van der Waals surface area contributed by atoms with Crippen molar-refractivity contribution in [2.75, 3.05) is 5.75 Å². The van der Waals surface area contributed by atoms with Crippen molar-refractivity contribution in [1.29, 1.82) is 0 Å². The molecule has 2 aromatic heterocycles. The van der Waals surface area contributed by atoms with Gasteiger partial charge in [0.1, 0.15) is 10.8 Å². The average Bonchev–Trinajstić information content (AvgIpc) is 3.38. The van der Waals surface area contributed by atoms with E-state index in [0.717, 1.165) is 31.9 Å². The maximum atomic E-state index is 13.6. The molecule has 0 aliphatic rings. The fraction of sp³-hybridized carbons (Fsp3) is 0.0500. The number of thiazole rings is 1. The predicted molar refractivity (Wildman–Crippen MR) is 116 cm³/mol. The number of carbonyl (C=O) groups excluding carboxylic acids is 2. The minimum atomic E-state index is -0.422. The first-order chi connectivity index (χ1) is 14.1. The Morgan fingerprint density at radius 2 is 1.76 bits per heavy atom. The summed E-state index contributed by atoms with van der Waals surface area (Å²) in [6, 6.07) is 17.6. The summed E-state index contributed by atoms with van der Waals surface area (Å²) >= 11 is 3.93. The maximum Gasteiger partial charge on any atom is 0.279 e. The molecule has 29 heavy (non-hydrogen) atoms. The highest BCUT2D eigenvalue weighted by Crippen LogP contribution is 2.34. The molecule has 4 rings (SSSR count). The van der Waals surface area contributed by atoms with E-state index in [1.165, 1.54) is 17.4 Å². The van der Waals surface area contributed by atoms with E-state index in [1.54, 1.807) is 35.6 Å². The number of fused-ring (bicyclic) bond motifs is 1. The lowest BCUT2D eigenvalue weighted by Crippen LogP contribution is -2.42. The molecule has 0 saturated carbocycles. The third-order valence-corrected chi connectivity index (χ3v) is 7.18. The van der Waals surface area contributed by atoms with Gasteiger partial charge < -0.3 is 0 Å². The van der Waals surface area contributed by atoms with Gasteiger partial charge in [-0.05, 0) is 36.4 Å². The van der Waals surface area contributed by atoms with Gasteiger partial charge in [0.2, 0.25) is 5.91 Å². The van der Waals surface area contributed by atoms with Gasteiger partial charge in [-0.1, -0.05) is 24.3 Å². The van der Waals surface area contributed by atoms with Gasteiger partial charge in [0.05, 0.1) is 25.7 Å². The van der Waals surface area contributed by atoms with Gasteiger partial charge in [0.15, 0.2) is 0 Å². The molecule has 0 atom stereocenters. The Morgan fingerprint density at radius 3 is 2.59 bits per heavy atom. The monoisotopic (exact) mass is 443 g/mol. The highest BCUT2D eigenvalue weighted by atomic mass is 32.2. The van der Waals surface area contributed by atoms with E-state index in [9.17, 15) is 14.0 Å². The molecule has 0 spiro atoms. The second-order valence-electron chi connectivity index (χ2n) is 5.87. The van der Waals surface area contributed by atoms with Crippen molar-refractivity contribution in [3.05, 3.63) is 71.4 Å². The fourth-order valence-electron chi connectivity index (χ4n) is 2.48. The van der Waals surface area contributed by atoms with Crippen LogP contribution < -0.4 is 10.9 Å². The lowest BCUT2D eigenvalue weighted by Gasteiger charge is -2.06. The molecular formula is C20H14FN3O2S3. The zero-order valence-electron chi connectivity index (χ0n) is 14.8. The Kier molecular flexibility index (Phi) is 5.89. The number of hydrazine groups is 1. The summed E-state index contributed by atoms with van der Waals surface area (Å²) in [6.45, 7) is 0. The summed E-state index contributed by atoms with van der Waals surface area (Å²) in [4.78, 5) is 30.5. The molecule has 9 heteroatoms. The van der Waals surface area contributed by atoms with Gasteiger partial charge in [0, 0.05) is 4.90 Å². The van der Waals surface area contributed by atoms with Gasteiger partial charge in [0.25, 0.3) is 5.91 Å². The highest BCUT2D eigenvalue weighted by molar-refractivity contribution is 8.00. The number of hydrogen-bond donors (Lipinski definition) is 2. The number of hydrogen-bond acceptors (Lipinski definition) is 6. The lowest BCUT2D eigenvalue weighted by molar-refractivity contribution is -0.119. The molecule has 2 aromatic carbocycles. The van der Waals surface area contributed by atoms with E-state index in [-0.39, 0.29) is 11.6 Å². The van der Waals surface area contributed by atoms with Crippen LogP contribution in [0.1, 0.15) is 9.67 Å². The molecule has 2 heterocycles. The van der Waals surface area contributed by atoms with Crippen LogP contribution in [-0.2, 0) is 4.79 Å². The van der Waals surface area contributed by atoms with E-state index >= 15 is 0 Å². The van der Waals surface area contributed by atoms with Crippen LogP contribution in [0, 0.1) is 5.82 Å². The molecule has 2 amide bonds. The largest absolute Gasteiger partial charge is 0.279 e. The van der Waals surface area contributed by atoms with E-state index < -0.39 is 11.8 Å². The van der Waals surface area contributed by atoms with Crippen molar-refractivity contribution in [3.63, 3.8) is 0 Å². The van der Waals surface area contributed by atoms with Gasteiger partial charge in [-0.3, -0.25) is 20.4 Å². The molecule has 0 radical (unpaired) electrons. The summed E-state index contributed by atoms with van der Waals surface area (Å²) < 4.78 is 14.6. The summed E-state index contributed by atoms with van der Waals surface area (Å²) in [5.74, 6) is -1.22. The Balaban J connectivity index is 1.33. The van der Waals surface area contributed by atoms with Crippen molar-refractivity contribution in [1.82, 2.24) is 15.8 Å². The van der Waals surface area contributed by atoms with Crippen LogP contribution in [0.4, 0.5) is 4.39 Å². The average molecular weight is 444 g/mol. The first-order valence-electron chi connectivity index (χ1n) is 8.52. The number of thiophene rings is 1. The molecule has 0 fully saturated rings. The number of benzene rings is 2. The molecule has 0 bridgehead atoms. The second-order valence-corrected chi connectivity index (χ2v) is 9.00. The van der Waals surface area contributed by atoms with E-state index in [4.69, 9.17) is 0 Å². The Morgan fingerprint density at radius 1 is 0.966 bits per heavy atom. The van der Waals surface area contributed by atoms with Crippen LogP contribution in [-0.4, -0.2) is 22.6 Å². The highest BCUT2D eigenvalue weighted by Gasteiger charge is 2.14. The predicted octanol–water partition coefficient (Wildman–Crippen LogP) is 4.72. The normalized spacial score (nSPS) is 10.8. The quantitative estimate of drug-likeness (QED) is 0.346. The number of amides is 2. The summed E-state index contributed by atoms with van der Waals surface area (Å²) in [5.41, 5.74) is 5.66. The smallest absolute Gasteiger partial charge is 0.272 e. The first kappa shape index (κ1) is 19.6. The third kappa shape index (κ3) is 4.64. The topological polar surface area (TPSA) is 71.1 Å². The molecule has 0 aliphatic carbocycles. The van der Waals surface area contributed by atoms with Gasteiger partial charge in [-0.25, -0.2) is 9.37 Å². The van der Waals surface area contributed by atoms with Crippen LogP contribution in [0.25, 0.3) is 20.1 Å². The molecule has 0 saturated heterocycles. The fourth-order valence-corrected chi connectivity index (χ4v) is 5.14. The standard InChI is InChI=1S/C20H14FN3O2S3/c21-12-5-1-3-7-14(12)27-11-18(25)23-24-19(26)16-9-10-17(28-16)20-22-13-6-2-4-8-15(13)29-20/h1-10H,11H2,(H,23,25)(H,24,26). The zero-order chi connectivity index (χ0) is 20.2. The number of nitrogens with zero attached hydrogens (tertiary/aromatic N) is 1. The van der Waals surface area contributed by atoms with Crippen molar-refractivity contribution < 1.29 is 14.0 Å². The van der Waals surface area contributed by atoms with Crippen molar-refractivity contribution in [3.8, 4) is 9.88 Å². The zero-order valence-corrected chi connectivity index (χ0v) is 17.3. The summed E-state index contributed by atoms with van der Waals surface area (Å²) in [7, 11) is 0. The third-order valence-electron chi connectivity index (χ3n) is 3.85. The molecular weight excluding hydrogens is 429 g/mol. The number of halogens is 1. The Labute approximate surface area is 178 Å². The number of nitrogens with one attached hydrogen (secondary N) is 2. The molecule has 0 unspecified atom stereocenters. The Bertz CT molecular complexity index is 1160. The lowest BCUT2D eigenvalue weighted by atomic mass is 10.3. The van der Waals surface area contributed by atoms with E-state index in [1.807, 2.05) is 30.3 Å². The molecule has 2 N–H and O–H groups in total. The number of rotatable bonds is 5. The SMILES string of the molecule is O=C(CSc1ccccc1F)NNC(=O)c1ccc(-c2nc3ccccc3s2)s1. The van der Waals surface area contributed by atoms with Crippen molar-refractivity contribution in [2.24, 2.45) is 0 Å².